The number of aromatic amines is 1. The highest BCUT2D eigenvalue weighted by Gasteiger charge is 2.16. The van der Waals surface area contributed by atoms with Gasteiger partial charge in [0.05, 0.1) is 22.0 Å². The molecule has 0 saturated heterocycles. The van der Waals surface area contributed by atoms with Gasteiger partial charge in [0.15, 0.2) is 11.6 Å². The molecule has 0 fully saturated rings. The fraction of sp³-hybridized carbons (Fsp3) is 0.147. The molecule has 8 nitrogen and oxygen atoms in total. The molecule has 3 aromatic carbocycles. The number of aliphatic hydroxyl groups is 1. The molecule has 3 aromatic heterocycles. The summed E-state index contributed by atoms with van der Waals surface area (Å²) in [6.45, 7) is 5.40. The van der Waals surface area contributed by atoms with Gasteiger partial charge in [0.1, 0.15) is 23.9 Å². The van der Waals surface area contributed by atoms with Crippen molar-refractivity contribution >= 4 is 33.3 Å². The predicted octanol–water partition coefficient (Wildman–Crippen LogP) is 7.27. The lowest BCUT2D eigenvalue weighted by Crippen LogP contribution is -2.27. The Labute approximate surface area is 246 Å². The van der Waals surface area contributed by atoms with Crippen molar-refractivity contribution < 1.29 is 19.0 Å². The molecule has 0 spiro atoms. The average molecular weight is 577 g/mol. The number of hydrogen-bond acceptors (Lipinski definition) is 7. The average Bonchev–Trinajstić information content (AvgIpc) is 2.98. The number of hydrogen-bond donors (Lipinski definition) is 3. The molecule has 0 saturated carbocycles. The monoisotopic (exact) mass is 576 g/mol. The van der Waals surface area contributed by atoms with Crippen molar-refractivity contribution in [2.75, 3.05) is 11.9 Å². The van der Waals surface area contributed by atoms with E-state index in [1.165, 1.54) is 12.1 Å². The van der Waals surface area contributed by atoms with Crippen LogP contribution in [0.25, 0.3) is 32.9 Å². The van der Waals surface area contributed by atoms with Gasteiger partial charge >= 0.3 is 0 Å². The van der Waals surface area contributed by atoms with Crippen molar-refractivity contribution in [2.24, 2.45) is 0 Å². The van der Waals surface area contributed by atoms with E-state index in [1.807, 2.05) is 31.2 Å². The maximum absolute atomic E-state index is 15.3. The van der Waals surface area contributed by atoms with Gasteiger partial charge in [-0.1, -0.05) is 24.3 Å². The van der Waals surface area contributed by atoms with Gasteiger partial charge in [-0.05, 0) is 68.3 Å². The van der Waals surface area contributed by atoms with E-state index in [0.717, 1.165) is 11.1 Å². The highest BCUT2D eigenvalue weighted by molar-refractivity contribution is 5.93. The molecule has 0 unspecified atom stereocenters. The lowest BCUT2D eigenvalue weighted by atomic mass is 10.0. The van der Waals surface area contributed by atoms with Gasteiger partial charge in [-0.2, -0.15) is 0 Å². The quantitative estimate of drug-likeness (QED) is 0.175. The summed E-state index contributed by atoms with van der Waals surface area (Å²) in [5.41, 5.74) is 2.78. The number of aryl methyl sites for hydroxylation is 1. The molecule has 0 aliphatic rings. The molecule has 43 heavy (non-hydrogen) atoms. The topological polar surface area (TPSA) is 109 Å². The minimum atomic E-state index is -0.977. The normalized spacial score (nSPS) is 11.6. The highest BCUT2D eigenvalue weighted by atomic mass is 19.1. The van der Waals surface area contributed by atoms with Crippen LogP contribution in [0.4, 0.5) is 15.9 Å². The number of nitrogens with zero attached hydrogens (tertiary/aromatic N) is 2. The molecule has 0 bridgehead atoms. The molecular weight excluding hydrogens is 547 g/mol. The van der Waals surface area contributed by atoms with Gasteiger partial charge in [0.2, 0.25) is 5.43 Å². The molecule has 0 atom stereocenters. The minimum absolute atomic E-state index is 0.0194. The number of pyridine rings is 3. The summed E-state index contributed by atoms with van der Waals surface area (Å²) in [6, 6.07) is 20.8. The van der Waals surface area contributed by atoms with Crippen LogP contribution >= 0.6 is 0 Å². The van der Waals surface area contributed by atoms with Crippen molar-refractivity contribution in [3.8, 4) is 28.4 Å². The van der Waals surface area contributed by atoms with E-state index in [4.69, 9.17) is 9.47 Å². The van der Waals surface area contributed by atoms with Crippen molar-refractivity contribution in [3.63, 3.8) is 0 Å². The van der Waals surface area contributed by atoms with E-state index in [2.05, 4.69) is 20.3 Å². The highest BCUT2D eigenvalue weighted by Crippen LogP contribution is 2.34. The Morgan fingerprint density at radius 3 is 2.56 bits per heavy atom. The summed E-state index contributed by atoms with van der Waals surface area (Å²) in [4.78, 5) is 25.6. The molecule has 6 aromatic rings. The molecule has 3 N–H and O–H groups in total. The SMILES string of the molecule is Cc1ccccc1-c1c[nH]c2ccnc(Nc3ccc(Oc4ccnc5cc(OCC(C)(C)O)ccc45)c(F)c3)c2c1=O. The van der Waals surface area contributed by atoms with Gasteiger partial charge in [-0.3, -0.25) is 9.78 Å². The summed E-state index contributed by atoms with van der Waals surface area (Å²) in [5, 5.41) is 14.1. The lowest BCUT2D eigenvalue weighted by molar-refractivity contribution is 0.0285. The van der Waals surface area contributed by atoms with Crippen LogP contribution in [-0.2, 0) is 0 Å². The van der Waals surface area contributed by atoms with Crippen LogP contribution in [0.1, 0.15) is 19.4 Å². The standard InChI is InChI=1S/C34H29FN4O4/c1-20-6-4-5-7-23(20)25-18-38-27-12-14-37-33(31(27)32(25)40)39-21-8-11-30(26(35)16-21)43-29-13-15-36-28-17-22(9-10-24(28)29)42-19-34(2,3)41/h4-18,41H,19H2,1-3H3,(H,37,39)(H,38,40). The third kappa shape index (κ3) is 5.89. The van der Waals surface area contributed by atoms with Crippen LogP contribution in [0.15, 0.2) is 96.2 Å². The molecule has 0 amide bonds. The molecule has 0 aliphatic carbocycles. The zero-order chi connectivity index (χ0) is 30.1. The van der Waals surface area contributed by atoms with E-state index in [9.17, 15) is 9.90 Å². The number of fused-ring (bicyclic) bond motifs is 2. The lowest BCUT2D eigenvalue weighted by Gasteiger charge is -2.18. The second-order valence-corrected chi connectivity index (χ2v) is 10.9. The number of nitrogens with one attached hydrogen (secondary N) is 2. The molecule has 0 aliphatic heterocycles. The van der Waals surface area contributed by atoms with E-state index >= 15 is 4.39 Å². The van der Waals surface area contributed by atoms with Gasteiger partial charge in [-0.25, -0.2) is 9.37 Å². The van der Waals surface area contributed by atoms with Gasteiger partial charge in [0, 0.05) is 47.4 Å². The van der Waals surface area contributed by atoms with Crippen LogP contribution in [0.5, 0.6) is 17.2 Å². The molecule has 216 valence electrons. The zero-order valence-electron chi connectivity index (χ0n) is 23.8. The van der Waals surface area contributed by atoms with Crippen LogP contribution in [-0.4, -0.2) is 32.3 Å². The smallest absolute Gasteiger partial charge is 0.200 e. The summed E-state index contributed by atoms with van der Waals surface area (Å²) in [6.07, 6.45) is 4.85. The summed E-state index contributed by atoms with van der Waals surface area (Å²) in [7, 11) is 0. The minimum Gasteiger partial charge on any atom is -0.491 e. The van der Waals surface area contributed by atoms with Crippen molar-refractivity contribution in [3.05, 3.63) is 113 Å². The van der Waals surface area contributed by atoms with Crippen LogP contribution in [0.2, 0.25) is 0 Å². The Morgan fingerprint density at radius 1 is 0.953 bits per heavy atom. The Kier molecular flexibility index (Phi) is 7.25. The van der Waals surface area contributed by atoms with E-state index in [-0.39, 0.29) is 17.8 Å². The number of aromatic nitrogens is 3. The first-order chi connectivity index (χ1) is 20.7. The number of H-pyrrole nitrogens is 1. The molecule has 6 rings (SSSR count). The maximum atomic E-state index is 15.3. The fourth-order valence-electron chi connectivity index (χ4n) is 4.79. The van der Waals surface area contributed by atoms with E-state index in [1.54, 1.807) is 68.8 Å². The summed E-state index contributed by atoms with van der Waals surface area (Å²) in [5.74, 6) is 0.697. The first-order valence-corrected chi connectivity index (χ1v) is 13.7. The number of ether oxygens (including phenoxy) is 2. The molecule has 0 radical (unpaired) electrons. The van der Waals surface area contributed by atoms with Crippen molar-refractivity contribution in [1.29, 1.82) is 0 Å². The molecular formula is C34H29FN4O4. The first kappa shape index (κ1) is 27.9. The number of halogens is 1. The summed E-state index contributed by atoms with van der Waals surface area (Å²) < 4.78 is 26.9. The zero-order valence-corrected chi connectivity index (χ0v) is 23.8. The van der Waals surface area contributed by atoms with E-state index < -0.39 is 11.4 Å². The molecule has 3 heterocycles. The first-order valence-electron chi connectivity index (χ1n) is 13.7. The Hall–Kier alpha value is -5.28. The van der Waals surface area contributed by atoms with Crippen LogP contribution in [0.3, 0.4) is 0 Å². The number of benzene rings is 3. The van der Waals surface area contributed by atoms with Gasteiger partial charge in [-0.15, -0.1) is 0 Å². The van der Waals surface area contributed by atoms with Crippen LogP contribution in [0, 0.1) is 12.7 Å². The summed E-state index contributed by atoms with van der Waals surface area (Å²) >= 11 is 0. The third-order valence-electron chi connectivity index (χ3n) is 6.91. The van der Waals surface area contributed by atoms with E-state index in [0.29, 0.717) is 50.4 Å². The van der Waals surface area contributed by atoms with Gasteiger partial charge in [0.25, 0.3) is 0 Å². The number of anilines is 2. The third-order valence-corrected chi connectivity index (χ3v) is 6.91. The van der Waals surface area contributed by atoms with Crippen LogP contribution < -0.4 is 20.2 Å². The van der Waals surface area contributed by atoms with Crippen molar-refractivity contribution in [2.45, 2.75) is 26.4 Å². The maximum Gasteiger partial charge on any atom is 0.200 e. The van der Waals surface area contributed by atoms with Gasteiger partial charge < -0.3 is 24.9 Å². The van der Waals surface area contributed by atoms with Crippen molar-refractivity contribution in [1.82, 2.24) is 15.0 Å². The second-order valence-electron chi connectivity index (χ2n) is 10.9. The predicted molar refractivity (Wildman–Crippen MR) is 166 cm³/mol. The Bertz CT molecular complexity index is 2030. The largest absolute Gasteiger partial charge is 0.491 e. The fourth-order valence-corrected chi connectivity index (χ4v) is 4.79. The second kappa shape index (κ2) is 11.2. The Morgan fingerprint density at radius 2 is 1.77 bits per heavy atom. The Balaban J connectivity index is 1.27. The number of rotatable bonds is 8. The molecule has 9 heteroatoms.